The maximum atomic E-state index is 5.87. The van der Waals surface area contributed by atoms with Crippen LogP contribution in [0.3, 0.4) is 0 Å². The summed E-state index contributed by atoms with van der Waals surface area (Å²) in [7, 11) is 2.25. The number of hydrogen-bond acceptors (Lipinski definition) is 3. The van der Waals surface area contributed by atoms with Crippen LogP contribution in [0.2, 0.25) is 0 Å². The zero-order chi connectivity index (χ0) is 9.68. The third kappa shape index (κ3) is 3.88. The lowest BCUT2D eigenvalue weighted by Gasteiger charge is -2.33. The van der Waals surface area contributed by atoms with E-state index in [1.54, 1.807) is 0 Å². The Hall–Kier alpha value is 0.270. The highest BCUT2D eigenvalue weighted by atomic mass is 32.2. The fraction of sp³-hybridized carbons (Fsp3) is 1.00. The number of rotatable bonds is 4. The Morgan fingerprint density at radius 3 is 2.46 bits per heavy atom. The van der Waals surface area contributed by atoms with Crippen LogP contribution < -0.4 is 5.73 Å². The molecule has 0 bridgehead atoms. The summed E-state index contributed by atoms with van der Waals surface area (Å²) in [6.45, 7) is 1.22. The molecule has 2 N–H and O–H groups in total. The van der Waals surface area contributed by atoms with Crippen molar-refractivity contribution in [3.63, 3.8) is 0 Å². The van der Waals surface area contributed by atoms with E-state index in [9.17, 15) is 0 Å². The molecular weight excluding hydrogens is 180 g/mol. The number of nitrogens with two attached hydrogens (primary N) is 1. The second-order valence-electron chi connectivity index (χ2n) is 4.04. The summed E-state index contributed by atoms with van der Waals surface area (Å²) in [6, 6.07) is 1.28. The molecule has 0 aromatic rings. The van der Waals surface area contributed by atoms with Crippen molar-refractivity contribution < 1.29 is 0 Å². The molecule has 1 fully saturated rings. The van der Waals surface area contributed by atoms with Gasteiger partial charge in [-0.05, 0) is 39.0 Å². The van der Waals surface area contributed by atoms with Gasteiger partial charge in [-0.15, -0.1) is 0 Å². The molecule has 1 aliphatic rings. The summed E-state index contributed by atoms with van der Waals surface area (Å²) < 4.78 is 0. The molecule has 1 rings (SSSR count). The molecule has 0 amide bonds. The molecule has 1 saturated carbocycles. The zero-order valence-corrected chi connectivity index (χ0v) is 9.65. The molecule has 0 saturated heterocycles. The maximum absolute atomic E-state index is 5.87. The van der Waals surface area contributed by atoms with Gasteiger partial charge < -0.3 is 10.6 Å². The van der Waals surface area contributed by atoms with Crippen LogP contribution in [-0.4, -0.2) is 42.6 Å². The van der Waals surface area contributed by atoms with Gasteiger partial charge in [0.15, 0.2) is 0 Å². The van der Waals surface area contributed by atoms with Crippen molar-refractivity contribution in [1.29, 1.82) is 0 Å². The van der Waals surface area contributed by atoms with Gasteiger partial charge in [-0.3, -0.25) is 0 Å². The quantitative estimate of drug-likeness (QED) is 0.750. The van der Waals surface area contributed by atoms with E-state index in [1.807, 2.05) is 11.8 Å². The molecule has 78 valence electrons. The van der Waals surface area contributed by atoms with E-state index in [4.69, 9.17) is 5.73 Å². The van der Waals surface area contributed by atoms with Crippen molar-refractivity contribution >= 4 is 11.8 Å². The van der Waals surface area contributed by atoms with Gasteiger partial charge >= 0.3 is 0 Å². The summed E-state index contributed by atoms with van der Waals surface area (Å²) in [6.07, 6.45) is 7.20. The molecule has 2 nitrogen and oxygen atoms in total. The summed E-state index contributed by atoms with van der Waals surface area (Å²) >= 11 is 1.93. The van der Waals surface area contributed by atoms with Crippen molar-refractivity contribution in [3.8, 4) is 0 Å². The lowest BCUT2D eigenvalue weighted by molar-refractivity contribution is 0.192. The van der Waals surface area contributed by atoms with Gasteiger partial charge in [-0.1, -0.05) is 0 Å². The highest BCUT2D eigenvalue weighted by Crippen LogP contribution is 2.21. The van der Waals surface area contributed by atoms with E-state index >= 15 is 0 Å². The fourth-order valence-electron chi connectivity index (χ4n) is 1.96. The number of hydrogen-bond donors (Lipinski definition) is 1. The Bertz CT molecular complexity index is 133. The molecule has 1 aliphatic carbocycles. The second kappa shape index (κ2) is 5.89. The van der Waals surface area contributed by atoms with Crippen molar-refractivity contribution in [3.05, 3.63) is 0 Å². The van der Waals surface area contributed by atoms with Crippen LogP contribution in [0.15, 0.2) is 0 Å². The molecule has 3 heteroatoms. The molecule has 0 aromatic heterocycles. The summed E-state index contributed by atoms with van der Waals surface area (Å²) in [5.41, 5.74) is 5.87. The van der Waals surface area contributed by atoms with Gasteiger partial charge in [0, 0.05) is 24.4 Å². The molecule has 0 aromatic carbocycles. The van der Waals surface area contributed by atoms with E-state index in [2.05, 4.69) is 18.2 Å². The van der Waals surface area contributed by atoms with E-state index in [-0.39, 0.29) is 0 Å². The maximum Gasteiger partial charge on any atom is 0.00937 e. The highest BCUT2D eigenvalue weighted by molar-refractivity contribution is 7.98. The summed E-state index contributed by atoms with van der Waals surface area (Å²) in [4.78, 5) is 2.50. The summed E-state index contributed by atoms with van der Waals surface area (Å²) in [5.74, 6) is 1.25. The Morgan fingerprint density at radius 1 is 1.31 bits per heavy atom. The first-order valence-corrected chi connectivity index (χ1v) is 6.58. The third-order valence-corrected chi connectivity index (χ3v) is 3.60. The van der Waals surface area contributed by atoms with Gasteiger partial charge in [0.1, 0.15) is 0 Å². The lowest BCUT2D eigenvalue weighted by Crippen LogP contribution is -2.39. The Balaban J connectivity index is 2.19. The monoisotopic (exact) mass is 202 g/mol. The van der Waals surface area contributed by atoms with Crippen LogP contribution in [0.1, 0.15) is 25.7 Å². The van der Waals surface area contributed by atoms with Crippen molar-refractivity contribution in [2.75, 3.05) is 25.6 Å². The second-order valence-corrected chi connectivity index (χ2v) is 5.03. The molecule has 0 aliphatic heterocycles. The van der Waals surface area contributed by atoms with Crippen LogP contribution in [0, 0.1) is 0 Å². The molecule has 0 atom stereocenters. The van der Waals surface area contributed by atoms with E-state index in [0.717, 1.165) is 6.04 Å². The first-order chi connectivity index (χ1) is 6.24. The smallest absolute Gasteiger partial charge is 0.00937 e. The Morgan fingerprint density at radius 2 is 1.92 bits per heavy atom. The molecule has 0 spiro atoms. The summed E-state index contributed by atoms with van der Waals surface area (Å²) in [5, 5.41) is 0. The molecule has 0 radical (unpaired) electrons. The first-order valence-electron chi connectivity index (χ1n) is 5.18. The fourth-order valence-corrected chi connectivity index (χ4v) is 2.43. The standard InChI is InChI=1S/C10H22N2S/c1-12(7-8-13-2)10-5-3-9(11)4-6-10/h9-10H,3-8,11H2,1-2H3. The minimum Gasteiger partial charge on any atom is -0.328 e. The van der Waals surface area contributed by atoms with Crippen LogP contribution in [-0.2, 0) is 0 Å². The van der Waals surface area contributed by atoms with Gasteiger partial charge in [0.25, 0.3) is 0 Å². The Labute approximate surface area is 86.2 Å². The molecule has 0 heterocycles. The predicted molar refractivity (Wildman–Crippen MR) is 61.2 cm³/mol. The van der Waals surface area contributed by atoms with Crippen LogP contribution in [0.5, 0.6) is 0 Å². The topological polar surface area (TPSA) is 29.3 Å². The average molecular weight is 202 g/mol. The SMILES string of the molecule is CSCCN(C)C1CCC(N)CC1. The number of nitrogens with zero attached hydrogens (tertiary/aromatic N) is 1. The van der Waals surface area contributed by atoms with Crippen molar-refractivity contribution in [2.24, 2.45) is 5.73 Å². The largest absolute Gasteiger partial charge is 0.328 e. The van der Waals surface area contributed by atoms with Crippen molar-refractivity contribution in [1.82, 2.24) is 4.90 Å². The zero-order valence-electron chi connectivity index (χ0n) is 8.83. The van der Waals surface area contributed by atoms with Gasteiger partial charge in [0.05, 0.1) is 0 Å². The van der Waals surface area contributed by atoms with E-state index < -0.39 is 0 Å². The van der Waals surface area contributed by atoms with Crippen LogP contribution >= 0.6 is 11.8 Å². The minimum absolute atomic E-state index is 0.477. The van der Waals surface area contributed by atoms with Crippen LogP contribution in [0.25, 0.3) is 0 Å². The predicted octanol–water partition coefficient (Wildman–Crippen LogP) is 1.55. The van der Waals surface area contributed by atoms with Crippen molar-refractivity contribution in [2.45, 2.75) is 37.8 Å². The van der Waals surface area contributed by atoms with Gasteiger partial charge in [-0.2, -0.15) is 11.8 Å². The Kier molecular flexibility index (Phi) is 5.14. The average Bonchev–Trinajstić information content (AvgIpc) is 2.15. The van der Waals surface area contributed by atoms with E-state index in [1.165, 1.54) is 38.0 Å². The first kappa shape index (κ1) is 11.3. The third-order valence-electron chi connectivity index (χ3n) is 3.01. The minimum atomic E-state index is 0.477. The molecule has 13 heavy (non-hydrogen) atoms. The van der Waals surface area contributed by atoms with E-state index in [0.29, 0.717) is 6.04 Å². The number of thioether (sulfide) groups is 1. The molecule has 0 unspecified atom stereocenters. The van der Waals surface area contributed by atoms with Crippen LogP contribution in [0.4, 0.5) is 0 Å². The highest BCUT2D eigenvalue weighted by Gasteiger charge is 2.21. The van der Waals surface area contributed by atoms with Gasteiger partial charge in [-0.25, -0.2) is 0 Å². The molecular formula is C10H22N2S. The van der Waals surface area contributed by atoms with Gasteiger partial charge in [0.2, 0.25) is 0 Å². The lowest BCUT2D eigenvalue weighted by atomic mass is 9.91. The normalized spacial score (nSPS) is 29.5.